The molecule has 0 aliphatic heterocycles. The molecule has 0 saturated carbocycles. The number of aliphatic hydroxyl groups excluding tert-OH is 1. The van der Waals surface area contributed by atoms with E-state index in [4.69, 9.17) is 9.84 Å². The Balaban J connectivity index is 2.20. The topological polar surface area (TPSA) is 58.1 Å². The molecule has 1 aromatic carbocycles. The molecule has 0 atom stereocenters. The average Bonchev–Trinajstić information content (AvgIpc) is 2.85. The van der Waals surface area contributed by atoms with Crippen LogP contribution in [0.15, 0.2) is 28.9 Å². The first kappa shape index (κ1) is 13.1. The monoisotopic (exact) mass is 310 g/mol. The minimum Gasteiger partial charge on any atom is -0.496 e. The van der Waals surface area contributed by atoms with Gasteiger partial charge in [-0.15, -0.1) is 0 Å². The lowest BCUT2D eigenvalue weighted by atomic mass is 10.1. The molecule has 1 heterocycles. The van der Waals surface area contributed by atoms with Crippen molar-refractivity contribution in [3.63, 3.8) is 0 Å². The number of methoxy groups -OCH3 is 1. The number of aryl methyl sites for hydroxylation is 1. The van der Waals surface area contributed by atoms with Crippen LogP contribution in [0.4, 0.5) is 0 Å². The zero-order chi connectivity index (χ0) is 13.0. The van der Waals surface area contributed by atoms with Crippen LogP contribution in [0.1, 0.15) is 12.2 Å². The molecular formula is C13H15BrN2O2. The number of rotatable bonds is 5. The number of H-pyrrole nitrogens is 1. The minimum atomic E-state index is 0.185. The molecule has 2 N–H and O–H groups in total. The molecule has 0 unspecified atom stereocenters. The predicted molar refractivity (Wildman–Crippen MR) is 73.7 cm³/mol. The van der Waals surface area contributed by atoms with Crippen molar-refractivity contribution in [3.8, 4) is 17.0 Å². The van der Waals surface area contributed by atoms with Gasteiger partial charge in [-0.2, -0.15) is 0 Å². The lowest BCUT2D eigenvalue weighted by Crippen LogP contribution is -1.91. The Bertz CT molecular complexity index is 525. The second-order valence-electron chi connectivity index (χ2n) is 3.92. The fraction of sp³-hybridized carbons (Fsp3) is 0.308. The Kier molecular flexibility index (Phi) is 4.38. The van der Waals surface area contributed by atoms with Crippen LogP contribution < -0.4 is 4.74 Å². The van der Waals surface area contributed by atoms with E-state index >= 15 is 0 Å². The van der Waals surface area contributed by atoms with Crippen LogP contribution in [0, 0.1) is 0 Å². The quantitative estimate of drug-likeness (QED) is 0.893. The highest BCUT2D eigenvalue weighted by Gasteiger charge is 2.06. The normalized spacial score (nSPS) is 10.6. The Hall–Kier alpha value is -1.33. The molecule has 0 aliphatic rings. The lowest BCUT2D eigenvalue weighted by Gasteiger charge is -2.04. The van der Waals surface area contributed by atoms with Crippen molar-refractivity contribution in [3.05, 3.63) is 34.7 Å². The number of benzene rings is 1. The lowest BCUT2D eigenvalue weighted by molar-refractivity contribution is 0.287. The number of nitrogens with zero attached hydrogens (tertiary/aromatic N) is 1. The molecule has 0 aliphatic carbocycles. The second kappa shape index (κ2) is 6.02. The molecule has 0 amide bonds. The number of hydrogen-bond acceptors (Lipinski definition) is 3. The molecule has 4 nitrogen and oxygen atoms in total. The van der Waals surface area contributed by atoms with E-state index in [-0.39, 0.29) is 6.61 Å². The van der Waals surface area contributed by atoms with E-state index in [0.717, 1.165) is 40.1 Å². The van der Waals surface area contributed by atoms with Crippen molar-refractivity contribution in [2.24, 2.45) is 0 Å². The van der Waals surface area contributed by atoms with Gasteiger partial charge in [0, 0.05) is 18.6 Å². The fourth-order valence-electron chi connectivity index (χ4n) is 1.72. The number of ether oxygens (including phenoxy) is 1. The number of halogens is 1. The van der Waals surface area contributed by atoms with Gasteiger partial charge in [-0.05, 0) is 40.5 Å². The molecule has 5 heteroatoms. The van der Waals surface area contributed by atoms with Crippen LogP contribution in [0.2, 0.25) is 0 Å². The Morgan fingerprint density at radius 2 is 2.28 bits per heavy atom. The molecule has 0 bridgehead atoms. The molecule has 0 fully saturated rings. The van der Waals surface area contributed by atoms with E-state index in [0.29, 0.717) is 0 Å². The molecule has 96 valence electrons. The number of nitrogens with one attached hydrogen (secondary N) is 1. The third kappa shape index (κ3) is 2.91. The van der Waals surface area contributed by atoms with E-state index in [1.165, 1.54) is 0 Å². The molecule has 2 rings (SSSR count). The Morgan fingerprint density at radius 1 is 1.44 bits per heavy atom. The maximum absolute atomic E-state index is 8.78. The average molecular weight is 311 g/mol. The van der Waals surface area contributed by atoms with Gasteiger partial charge in [-0.3, -0.25) is 0 Å². The highest BCUT2D eigenvalue weighted by atomic mass is 79.9. The van der Waals surface area contributed by atoms with Gasteiger partial charge in [0.25, 0.3) is 0 Å². The molecule has 1 aromatic heterocycles. The summed E-state index contributed by atoms with van der Waals surface area (Å²) in [6, 6.07) is 5.88. The van der Waals surface area contributed by atoms with Gasteiger partial charge >= 0.3 is 0 Å². The molecule has 18 heavy (non-hydrogen) atoms. The van der Waals surface area contributed by atoms with Crippen LogP contribution in [-0.2, 0) is 6.42 Å². The number of aromatic amines is 1. The second-order valence-corrected chi connectivity index (χ2v) is 4.77. The van der Waals surface area contributed by atoms with Crippen LogP contribution in [0.5, 0.6) is 5.75 Å². The van der Waals surface area contributed by atoms with Gasteiger partial charge in [0.1, 0.15) is 11.6 Å². The van der Waals surface area contributed by atoms with Crippen LogP contribution in [0.25, 0.3) is 11.3 Å². The summed E-state index contributed by atoms with van der Waals surface area (Å²) in [6.45, 7) is 0.185. The van der Waals surface area contributed by atoms with Gasteiger partial charge in [0.15, 0.2) is 0 Å². The van der Waals surface area contributed by atoms with E-state index in [9.17, 15) is 0 Å². The number of aromatic nitrogens is 2. The third-order valence-electron chi connectivity index (χ3n) is 2.66. The molecule has 0 spiro atoms. The van der Waals surface area contributed by atoms with E-state index < -0.39 is 0 Å². The SMILES string of the molecule is COc1ccc(-c2cnc(CCCO)[nH]2)cc1Br. The van der Waals surface area contributed by atoms with Crippen molar-refractivity contribution in [2.75, 3.05) is 13.7 Å². The first-order valence-electron chi connectivity index (χ1n) is 5.73. The maximum atomic E-state index is 8.78. The van der Waals surface area contributed by atoms with Crippen molar-refractivity contribution in [1.29, 1.82) is 0 Å². The number of hydrogen-bond donors (Lipinski definition) is 2. The minimum absolute atomic E-state index is 0.185. The van der Waals surface area contributed by atoms with Gasteiger partial charge in [-0.25, -0.2) is 4.98 Å². The van der Waals surface area contributed by atoms with Gasteiger partial charge in [-0.1, -0.05) is 0 Å². The summed E-state index contributed by atoms with van der Waals surface area (Å²) in [5, 5.41) is 8.78. The summed E-state index contributed by atoms with van der Waals surface area (Å²) in [7, 11) is 1.64. The fourth-order valence-corrected chi connectivity index (χ4v) is 2.26. The number of aliphatic hydroxyl groups is 1. The van der Waals surface area contributed by atoms with Crippen molar-refractivity contribution >= 4 is 15.9 Å². The van der Waals surface area contributed by atoms with Crippen LogP contribution >= 0.6 is 15.9 Å². The maximum Gasteiger partial charge on any atom is 0.133 e. The summed E-state index contributed by atoms with van der Waals surface area (Å²) in [5.41, 5.74) is 2.01. The summed E-state index contributed by atoms with van der Waals surface area (Å²) in [5.74, 6) is 1.70. The van der Waals surface area contributed by atoms with E-state index in [1.807, 2.05) is 18.2 Å². The third-order valence-corrected chi connectivity index (χ3v) is 3.28. The first-order valence-corrected chi connectivity index (χ1v) is 6.52. The van der Waals surface area contributed by atoms with E-state index in [1.54, 1.807) is 13.3 Å². The molecular weight excluding hydrogens is 296 g/mol. The Morgan fingerprint density at radius 3 is 2.94 bits per heavy atom. The standard InChI is InChI=1S/C13H15BrN2O2/c1-18-12-5-4-9(7-10(12)14)11-8-15-13(16-11)3-2-6-17/h4-5,7-8,17H,2-3,6H2,1H3,(H,15,16). The van der Waals surface area contributed by atoms with E-state index in [2.05, 4.69) is 25.9 Å². The number of imidazole rings is 1. The highest BCUT2D eigenvalue weighted by molar-refractivity contribution is 9.10. The summed E-state index contributed by atoms with van der Waals surface area (Å²) in [6.07, 6.45) is 3.29. The van der Waals surface area contributed by atoms with Gasteiger partial charge < -0.3 is 14.8 Å². The van der Waals surface area contributed by atoms with Crippen molar-refractivity contribution < 1.29 is 9.84 Å². The first-order chi connectivity index (χ1) is 8.74. The van der Waals surface area contributed by atoms with Crippen molar-refractivity contribution in [2.45, 2.75) is 12.8 Å². The van der Waals surface area contributed by atoms with Gasteiger partial charge in [0.05, 0.1) is 23.5 Å². The molecule has 0 radical (unpaired) electrons. The largest absolute Gasteiger partial charge is 0.496 e. The molecule has 0 saturated heterocycles. The molecule has 2 aromatic rings. The summed E-state index contributed by atoms with van der Waals surface area (Å²) >= 11 is 3.46. The predicted octanol–water partition coefficient (Wildman–Crippen LogP) is 2.77. The summed E-state index contributed by atoms with van der Waals surface area (Å²) < 4.78 is 6.10. The highest BCUT2D eigenvalue weighted by Crippen LogP contribution is 2.29. The zero-order valence-electron chi connectivity index (χ0n) is 10.1. The van der Waals surface area contributed by atoms with Crippen molar-refractivity contribution in [1.82, 2.24) is 9.97 Å². The zero-order valence-corrected chi connectivity index (χ0v) is 11.7. The Labute approximate surface area is 114 Å². The summed E-state index contributed by atoms with van der Waals surface area (Å²) in [4.78, 5) is 7.53. The van der Waals surface area contributed by atoms with Gasteiger partial charge in [0.2, 0.25) is 0 Å². The smallest absolute Gasteiger partial charge is 0.133 e. The van der Waals surface area contributed by atoms with Crippen LogP contribution in [-0.4, -0.2) is 28.8 Å². The van der Waals surface area contributed by atoms with Crippen LogP contribution in [0.3, 0.4) is 0 Å².